The summed E-state index contributed by atoms with van der Waals surface area (Å²) in [5, 5.41) is 0. The molecule has 0 aromatic rings. The minimum atomic E-state index is -0.584. The molecule has 0 radical (unpaired) electrons. The van der Waals surface area contributed by atoms with Gasteiger partial charge in [0.25, 0.3) is 0 Å². The molecule has 1 unspecified atom stereocenters. The molecule has 14 heavy (non-hydrogen) atoms. The minimum Gasteiger partial charge on any atom is -0.468 e. The second kappa shape index (κ2) is 5.13. The normalized spacial score (nSPS) is 13.5. The molecule has 0 saturated carbocycles. The van der Waals surface area contributed by atoms with Crippen molar-refractivity contribution < 1.29 is 14.3 Å². The van der Waals surface area contributed by atoms with Gasteiger partial charge in [0.15, 0.2) is 0 Å². The van der Waals surface area contributed by atoms with Gasteiger partial charge >= 0.3 is 5.97 Å². The van der Waals surface area contributed by atoms with E-state index in [2.05, 4.69) is 25.5 Å². The molecular formula is C11H20O3. The van der Waals surface area contributed by atoms with Gasteiger partial charge in [-0.3, -0.25) is 9.59 Å². The van der Waals surface area contributed by atoms with Gasteiger partial charge in [-0.05, 0) is 25.2 Å². The maximum atomic E-state index is 11.2. The number of hydrogen-bond acceptors (Lipinski definition) is 3. The molecule has 0 fully saturated rings. The maximum Gasteiger partial charge on any atom is 0.316 e. The molecule has 3 heteroatoms. The van der Waals surface area contributed by atoms with Crippen LogP contribution in [0.4, 0.5) is 0 Å². The lowest BCUT2D eigenvalue weighted by Crippen LogP contribution is -2.24. The summed E-state index contributed by atoms with van der Waals surface area (Å²) in [5.41, 5.74) is 0.141. The monoisotopic (exact) mass is 200 g/mol. The number of hydrogen-bond donors (Lipinski definition) is 0. The van der Waals surface area contributed by atoms with Crippen LogP contribution in [-0.2, 0) is 14.3 Å². The molecule has 1 atom stereocenters. The highest BCUT2D eigenvalue weighted by Gasteiger charge is 2.25. The van der Waals surface area contributed by atoms with Crippen LogP contribution in [0.5, 0.6) is 0 Å². The summed E-state index contributed by atoms with van der Waals surface area (Å²) in [4.78, 5) is 22.4. The van der Waals surface area contributed by atoms with Crippen LogP contribution < -0.4 is 0 Å². The maximum absolute atomic E-state index is 11.2. The Morgan fingerprint density at radius 2 is 1.79 bits per heavy atom. The first-order valence-corrected chi connectivity index (χ1v) is 4.86. The summed E-state index contributed by atoms with van der Waals surface area (Å²) in [5.74, 6) is -1.11. The first-order chi connectivity index (χ1) is 6.28. The molecule has 82 valence electrons. The van der Waals surface area contributed by atoms with E-state index >= 15 is 0 Å². The molecule has 0 spiro atoms. The van der Waals surface area contributed by atoms with Crippen LogP contribution in [0.1, 0.15) is 40.5 Å². The fourth-order valence-electron chi connectivity index (χ4n) is 1.21. The molecular weight excluding hydrogens is 180 g/mol. The molecule has 0 saturated heterocycles. The number of methoxy groups -OCH3 is 1. The number of carbonyl (C=O) groups is 2. The number of rotatable bonds is 4. The lowest BCUT2D eigenvalue weighted by Gasteiger charge is -2.20. The molecule has 0 aromatic heterocycles. The predicted octanol–water partition coefficient (Wildman–Crippen LogP) is 2.19. The molecule has 0 aromatic carbocycles. The van der Waals surface area contributed by atoms with E-state index in [0.29, 0.717) is 6.42 Å². The summed E-state index contributed by atoms with van der Waals surface area (Å²) >= 11 is 0. The summed E-state index contributed by atoms with van der Waals surface area (Å²) in [6, 6.07) is 0. The van der Waals surface area contributed by atoms with Crippen molar-refractivity contribution in [1.82, 2.24) is 0 Å². The molecule has 0 aliphatic rings. The van der Waals surface area contributed by atoms with Gasteiger partial charge in [-0.1, -0.05) is 20.8 Å². The van der Waals surface area contributed by atoms with Gasteiger partial charge in [-0.25, -0.2) is 0 Å². The summed E-state index contributed by atoms with van der Waals surface area (Å²) in [7, 11) is 1.31. The third kappa shape index (κ3) is 5.00. The first kappa shape index (κ1) is 13.1. The van der Waals surface area contributed by atoms with Crippen LogP contribution in [0.3, 0.4) is 0 Å². The van der Waals surface area contributed by atoms with Crippen molar-refractivity contribution in [2.75, 3.05) is 7.11 Å². The van der Waals surface area contributed by atoms with E-state index in [4.69, 9.17) is 0 Å². The third-order valence-electron chi connectivity index (χ3n) is 2.16. The molecule has 0 rings (SSSR count). The smallest absolute Gasteiger partial charge is 0.316 e. The zero-order valence-corrected chi connectivity index (χ0v) is 9.72. The predicted molar refractivity (Wildman–Crippen MR) is 54.9 cm³/mol. The van der Waals surface area contributed by atoms with Crippen molar-refractivity contribution in [2.45, 2.75) is 40.5 Å². The molecule has 3 nitrogen and oxygen atoms in total. The SMILES string of the molecule is COC(=O)C(CCC(C)(C)C)C(C)=O. The van der Waals surface area contributed by atoms with Crippen LogP contribution in [0.25, 0.3) is 0 Å². The second-order valence-corrected chi connectivity index (χ2v) is 4.79. The highest BCUT2D eigenvalue weighted by Crippen LogP contribution is 2.24. The summed E-state index contributed by atoms with van der Waals surface area (Å²) in [6.45, 7) is 7.69. The van der Waals surface area contributed by atoms with Crippen molar-refractivity contribution >= 4 is 11.8 Å². The zero-order chi connectivity index (χ0) is 11.4. The van der Waals surface area contributed by atoms with E-state index in [1.807, 2.05) is 0 Å². The molecule has 0 aliphatic carbocycles. The van der Waals surface area contributed by atoms with E-state index < -0.39 is 11.9 Å². The topological polar surface area (TPSA) is 43.4 Å². The quantitative estimate of drug-likeness (QED) is 0.516. The van der Waals surface area contributed by atoms with Gasteiger partial charge in [0, 0.05) is 0 Å². The van der Waals surface area contributed by atoms with Gasteiger partial charge < -0.3 is 4.74 Å². The summed E-state index contributed by atoms with van der Waals surface area (Å²) < 4.78 is 4.58. The average Bonchev–Trinajstić information content (AvgIpc) is 2.01. The third-order valence-corrected chi connectivity index (χ3v) is 2.16. The highest BCUT2D eigenvalue weighted by atomic mass is 16.5. The fraction of sp³-hybridized carbons (Fsp3) is 0.818. The largest absolute Gasteiger partial charge is 0.468 e. The van der Waals surface area contributed by atoms with Gasteiger partial charge in [-0.15, -0.1) is 0 Å². The van der Waals surface area contributed by atoms with Crippen LogP contribution in [0.2, 0.25) is 0 Å². The number of ketones is 1. The van der Waals surface area contributed by atoms with E-state index in [0.717, 1.165) is 6.42 Å². The second-order valence-electron chi connectivity index (χ2n) is 4.79. The van der Waals surface area contributed by atoms with Crippen LogP contribution in [-0.4, -0.2) is 18.9 Å². The Labute approximate surface area is 85.8 Å². The van der Waals surface area contributed by atoms with Crippen molar-refractivity contribution in [3.05, 3.63) is 0 Å². The Kier molecular flexibility index (Phi) is 4.81. The Bertz CT molecular complexity index is 213. The molecule has 0 bridgehead atoms. The first-order valence-electron chi connectivity index (χ1n) is 4.86. The molecule has 0 N–H and O–H groups in total. The molecule has 0 heterocycles. The Balaban J connectivity index is 4.26. The number of ether oxygens (including phenoxy) is 1. The fourth-order valence-corrected chi connectivity index (χ4v) is 1.21. The number of Topliss-reactive ketones (excluding diaryl/α,β-unsaturated/α-hetero) is 1. The number of esters is 1. The van der Waals surface area contributed by atoms with E-state index in [-0.39, 0.29) is 11.2 Å². The van der Waals surface area contributed by atoms with Crippen molar-refractivity contribution in [3.8, 4) is 0 Å². The average molecular weight is 200 g/mol. The van der Waals surface area contributed by atoms with Crippen molar-refractivity contribution in [1.29, 1.82) is 0 Å². The van der Waals surface area contributed by atoms with Gasteiger partial charge in [-0.2, -0.15) is 0 Å². The van der Waals surface area contributed by atoms with Crippen LogP contribution in [0.15, 0.2) is 0 Å². The van der Waals surface area contributed by atoms with Crippen molar-refractivity contribution in [3.63, 3.8) is 0 Å². The summed E-state index contributed by atoms with van der Waals surface area (Å²) in [6.07, 6.45) is 1.41. The number of carbonyl (C=O) groups excluding carboxylic acids is 2. The lowest BCUT2D eigenvalue weighted by molar-refractivity contribution is -0.149. The molecule has 0 amide bonds. The van der Waals surface area contributed by atoms with Crippen molar-refractivity contribution in [2.24, 2.45) is 11.3 Å². The Hall–Kier alpha value is -0.860. The highest BCUT2D eigenvalue weighted by molar-refractivity contribution is 5.97. The van der Waals surface area contributed by atoms with E-state index in [1.54, 1.807) is 0 Å². The van der Waals surface area contributed by atoms with Crippen LogP contribution in [0, 0.1) is 11.3 Å². The van der Waals surface area contributed by atoms with E-state index in [9.17, 15) is 9.59 Å². The Morgan fingerprint density at radius 3 is 2.07 bits per heavy atom. The molecule has 0 aliphatic heterocycles. The van der Waals surface area contributed by atoms with E-state index in [1.165, 1.54) is 14.0 Å². The van der Waals surface area contributed by atoms with Gasteiger partial charge in [0.1, 0.15) is 11.7 Å². The van der Waals surface area contributed by atoms with Crippen LogP contribution >= 0.6 is 0 Å². The zero-order valence-electron chi connectivity index (χ0n) is 9.72. The van der Waals surface area contributed by atoms with Gasteiger partial charge in [0.05, 0.1) is 7.11 Å². The standard InChI is InChI=1S/C11H20O3/c1-8(12)9(10(13)14-5)6-7-11(2,3)4/h9H,6-7H2,1-5H3. The lowest BCUT2D eigenvalue weighted by atomic mass is 9.85. The minimum absolute atomic E-state index is 0.110. The van der Waals surface area contributed by atoms with Gasteiger partial charge in [0.2, 0.25) is 0 Å². The Morgan fingerprint density at radius 1 is 1.29 bits per heavy atom.